The summed E-state index contributed by atoms with van der Waals surface area (Å²) in [5.41, 5.74) is 0. The third-order valence-electron chi connectivity index (χ3n) is 5.80. The van der Waals surface area contributed by atoms with Crippen LogP contribution >= 0.6 is 0 Å². The zero-order valence-electron chi connectivity index (χ0n) is 16.5. The van der Waals surface area contributed by atoms with E-state index >= 15 is 0 Å². The molecule has 2 aliphatic heterocycles. The molecular weight excluding hydrogens is 326 g/mol. The fourth-order valence-corrected chi connectivity index (χ4v) is 4.10. The largest absolute Gasteiger partial charge is 0.357 e. The SMILES string of the molecule is CCNC(=NCC1CCN(C2CC2)C1)NCCCN1CCCCCC1=O. The van der Waals surface area contributed by atoms with Gasteiger partial charge in [-0.25, -0.2) is 0 Å². The van der Waals surface area contributed by atoms with Gasteiger partial charge in [-0.1, -0.05) is 6.42 Å². The number of likely N-dealkylation sites (tertiary alicyclic amines) is 2. The molecule has 0 aromatic heterocycles. The fraction of sp³-hybridized carbons (Fsp3) is 0.900. The molecule has 3 rings (SSSR count). The van der Waals surface area contributed by atoms with Crippen molar-refractivity contribution in [3.8, 4) is 0 Å². The molecule has 2 saturated heterocycles. The van der Waals surface area contributed by atoms with Crippen LogP contribution in [0.5, 0.6) is 0 Å². The van der Waals surface area contributed by atoms with Gasteiger partial charge in [-0.3, -0.25) is 9.79 Å². The lowest BCUT2D eigenvalue weighted by Crippen LogP contribution is -2.40. The first-order valence-corrected chi connectivity index (χ1v) is 10.8. The van der Waals surface area contributed by atoms with Gasteiger partial charge in [0, 0.05) is 51.7 Å². The van der Waals surface area contributed by atoms with Crippen LogP contribution in [-0.2, 0) is 4.79 Å². The third-order valence-corrected chi connectivity index (χ3v) is 5.80. The Hall–Kier alpha value is -1.30. The molecule has 1 aliphatic carbocycles. The normalized spacial score (nSPS) is 25.4. The summed E-state index contributed by atoms with van der Waals surface area (Å²) in [7, 11) is 0. The van der Waals surface area contributed by atoms with E-state index in [4.69, 9.17) is 4.99 Å². The van der Waals surface area contributed by atoms with Gasteiger partial charge < -0.3 is 20.4 Å². The maximum Gasteiger partial charge on any atom is 0.222 e. The van der Waals surface area contributed by atoms with E-state index in [1.165, 1.54) is 38.8 Å². The zero-order chi connectivity index (χ0) is 18.2. The van der Waals surface area contributed by atoms with Crippen LogP contribution in [0.2, 0.25) is 0 Å². The predicted molar refractivity (Wildman–Crippen MR) is 106 cm³/mol. The van der Waals surface area contributed by atoms with Crippen molar-refractivity contribution in [2.75, 3.05) is 45.8 Å². The molecule has 6 heteroatoms. The highest BCUT2D eigenvalue weighted by Gasteiger charge is 2.34. The number of carbonyl (C=O) groups is 1. The summed E-state index contributed by atoms with van der Waals surface area (Å²) >= 11 is 0. The quantitative estimate of drug-likeness (QED) is 0.392. The Morgan fingerprint density at radius 1 is 1.15 bits per heavy atom. The maximum absolute atomic E-state index is 12.0. The Bertz CT molecular complexity index is 477. The Kier molecular flexibility index (Phi) is 7.59. The number of carbonyl (C=O) groups excluding carboxylic acids is 1. The number of aliphatic imine (C=N–C) groups is 1. The summed E-state index contributed by atoms with van der Waals surface area (Å²) < 4.78 is 0. The van der Waals surface area contributed by atoms with Crippen LogP contribution < -0.4 is 10.6 Å². The topological polar surface area (TPSA) is 60.0 Å². The van der Waals surface area contributed by atoms with E-state index in [2.05, 4.69) is 22.5 Å². The zero-order valence-corrected chi connectivity index (χ0v) is 16.5. The van der Waals surface area contributed by atoms with Gasteiger partial charge in [0.05, 0.1) is 0 Å². The third kappa shape index (κ3) is 6.15. The summed E-state index contributed by atoms with van der Waals surface area (Å²) in [4.78, 5) is 21.5. The second-order valence-corrected chi connectivity index (χ2v) is 8.07. The van der Waals surface area contributed by atoms with E-state index in [-0.39, 0.29) is 0 Å². The van der Waals surface area contributed by atoms with Crippen molar-refractivity contribution in [2.24, 2.45) is 10.9 Å². The minimum absolute atomic E-state index is 0.338. The van der Waals surface area contributed by atoms with Gasteiger partial charge in [-0.15, -0.1) is 0 Å². The van der Waals surface area contributed by atoms with Crippen molar-refractivity contribution in [3.63, 3.8) is 0 Å². The Morgan fingerprint density at radius 2 is 2.04 bits per heavy atom. The fourth-order valence-electron chi connectivity index (χ4n) is 4.10. The van der Waals surface area contributed by atoms with Gasteiger partial charge >= 0.3 is 0 Å². The molecule has 26 heavy (non-hydrogen) atoms. The van der Waals surface area contributed by atoms with Crippen molar-refractivity contribution in [3.05, 3.63) is 0 Å². The molecule has 1 unspecified atom stereocenters. The van der Waals surface area contributed by atoms with Gasteiger partial charge in [0.1, 0.15) is 0 Å². The Labute approximate surface area is 158 Å². The molecule has 148 valence electrons. The molecule has 1 amide bonds. The average molecular weight is 364 g/mol. The molecule has 2 heterocycles. The molecule has 0 aromatic carbocycles. The van der Waals surface area contributed by atoms with Crippen LogP contribution in [0.25, 0.3) is 0 Å². The van der Waals surface area contributed by atoms with Crippen molar-refractivity contribution in [2.45, 2.75) is 64.3 Å². The molecule has 0 aromatic rings. The van der Waals surface area contributed by atoms with E-state index < -0.39 is 0 Å². The second-order valence-electron chi connectivity index (χ2n) is 8.07. The minimum atomic E-state index is 0.338. The minimum Gasteiger partial charge on any atom is -0.357 e. The molecule has 2 N–H and O–H groups in total. The van der Waals surface area contributed by atoms with Gasteiger partial charge in [-0.2, -0.15) is 0 Å². The number of nitrogens with zero attached hydrogens (tertiary/aromatic N) is 3. The standard InChI is InChI=1S/C20H37N5O/c1-2-21-20(23-15-17-10-14-25(16-17)18-8-9-18)22-11-6-13-24-12-5-3-4-7-19(24)26/h17-18H,2-16H2,1H3,(H2,21,22,23). The highest BCUT2D eigenvalue weighted by atomic mass is 16.2. The lowest BCUT2D eigenvalue weighted by molar-refractivity contribution is -0.130. The highest BCUT2D eigenvalue weighted by Crippen LogP contribution is 2.31. The molecule has 0 radical (unpaired) electrons. The van der Waals surface area contributed by atoms with E-state index in [0.717, 1.165) is 70.4 Å². The van der Waals surface area contributed by atoms with Crippen molar-refractivity contribution in [1.29, 1.82) is 0 Å². The first-order chi connectivity index (χ1) is 12.8. The first-order valence-electron chi connectivity index (χ1n) is 10.8. The van der Waals surface area contributed by atoms with Crippen LogP contribution in [0, 0.1) is 5.92 Å². The van der Waals surface area contributed by atoms with E-state index in [1.54, 1.807) is 0 Å². The summed E-state index contributed by atoms with van der Waals surface area (Å²) in [6, 6.07) is 0.886. The van der Waals surface area contributed by atoms with Gasteiger partial charge in [0.15, 0.2) is 5.96 Å². The lowest BCUT2D eigenvalue weighted by Gasteiger charge is -2.21. The van der Waals surface area contributed by atoms with E-state index in [9.17, 15) is 4.79 Å². The van der Waals surface area contributed by atoms with Gasteiger partial charge in [-0.05, 0) is 57.9 Å². The number of hydrogen-bond acceptors (Lipinski definition) is 3. The molecule has 1 atom stereocenters. The van der Waals surface area contributed by atoms with Crippen LogP contribution in [0.3, 0.4) is 0 Å². The van der Waals surface area contributed by atoms with Crippen LogP contribution in [0.4, 0.5) is 0 Å². The molecule has 1 saturated carbocycles. The van der Waals surface area contributed by atoms with E-state index in [1.807, 2.05) is 4.90 Å². The summed E-state index contributed by atoms with van der Waals surface area (Å²) in [5.74, 6) is 1.98. The molecule has 3 fully saturated rings. The summed E-state index contributed by atoms with van der Waals surface area (Å²) in [6.07, 6.45) is 9.21. The number of nitrogens with one attached hydrogen (secondary N) is 2. The second kappa shape index (κ2) is 10.1. The Morgan fingerprint density at radius 3 is 2.85 bits per heavy atom. The Balaban J connectivity index is 1.35. The molecule has 3 aliphatic rings. The lowest BCUT2D eigenvalue weighted by atomic mass is 10.1. The molecule has 6 nitrogen and oxygen atoms in total. The maximum atomic E-state index is 12.0. The number of hydrogen-bond donors (Lipinski definition) is 2. The number of rotatable bonds is 8. The van der Waals surface area contributed by atoms with Gasteiger partial charge in [0.2, 0.25) is 5.91 Å². The van der Waals surface area contributed by atoms with Crippen molar-refractivity contribution < 1.29 is 4.79 Å². The van der Waals surface area contributed by atoms with Crippen LogP contribution in [0.15, 0.2) is 4.99 Å². The molecule has 0 spiro atoms. The monoisotopic (exact) mass is 363 g/mol. The van der Waals surface area contributed by atoms with Crippen molar-refractivity contribution in [1.82, 2.24) is 20.4 Å². The van der Waals surface area contributed by atoms with Gasteiger partial charge in [0.25, 0.3) is 0 Å². The molecule has 0 bridgehead atoms. The van der Waals surface area contributed by atoms with E-state index in [0.29, 0.717) is 11.8 Å². The van der Waals surface area contributed by atoms with Crippen LogP contribution in [-0.4, -0.2) is 73.5 Å². The highest BCUT2D eigenvalue weighted by molar-refractivity contribution is 5.79. The molecular formula is C20H37N5O. The number of amides is 1. The smallest absolute Gasteiger partial charge is 0.222 e. The number of guanidine groups is 1. The van der Waals surface area contributed by atoms with Crippen molar-refractivity contribution >= 4 is 11.9 Å². The first kappa shape index (κ1) is 19.5. The summed E-state index contributed by atoms with van der Waals surface area (Å²) in [5, 5.41) is 6.80. The van der Waals surface area contributed by atoms with Crippen LogP contribution in [0.1, 0.15) is 58.3 Å². The average Bonchev–Trinajstić information content (AvgIpc) is 3.42. The summed E-state index contributed by atoms with van der Waals surface area (Å²) in [6.45, 7) is 9.07. The predicted octanol–water partition coefficient (Wildman–Crippen LogP) is 1.82.